The topological polar surface area (TPSA) is 83.0 Å². The molecule has 3 rings (SSSR count). The van der Waals surface area contributed by atoms with Crippen LogP contribution in [0.4, 0.5) is 10.9 Å². The Labute approximate surface area is 151 Å². The Kier molecular flexibility index (Phi) is 5.60. The second-order valence-corrected chi connectivity index (χ2v) is 7.25. The van der Waals surface area contributed by atoms with Crippen LogP contribution in [0.25, 0.3) is 0 Å². The number of hydrogen-bond donors (Lipinski definition) is 2. The first-order chi connectivity index (χ1) is 12.0. The molecule has 8 heteroatoms. The van der Waals surface area contributed by atoms with Crippen LogP contribution >= 0.6 is 11.3 Å². The molecule has 0 aromatic carbocycles. The molecule has 0 bridgehead atoms. The van der Waals surface area contributed by atoms with Crippen molar-refractivity contribution in [3.63, 3.8) is 0 Å². The summed E-state index contributed by atoms with van der Waals surface area (Å²) in [7, 11) is 1.68. The summed E-state index contributed by atoms with van der Waals surface area (Å²) in [4.78, 5) is 27.4. The molecule has 2 aromatic rings. The number of nitrogens with one attached hydrogen (secondary N) is 2. The maximum absolute atomic E-state index is 11.6. The first kappa shape index (κ1) is 17.8. The summed E-state index contributed by atoms with van der Waals surface area (Å²) in [6.45, 7) is 6.13. The number of aryl methyl sites for hydroxylation is 2. The van der Waals surface area contributed by atoms with Gasteiger partial charge in [0, 0.05) is 31.0 Å². The number of likely N-dealkylation sites (tertiary alicyclic amines) is 1. The third-order valence-corrected chi connectivity index (χ3v) is 5.16. The highest BCUT2D eigenvalue weighted by Crippen LogP contribution is 2.28. The number of thiazole rings is 1. The fourth-order valence-corrected chi connectivity index (χ4v) is 3.80. The van der Waals surface area contributed by atoms with E-state index in [2.05, 4.69) is 30.5 Å². The molecule has 7 nitrogen and oxygen atoms in total. The summed E-state index contributed by atoms with van der Waals surface area (Å²) < 4.78 is 0. The zero-order valence-electron chi connectivity index (χ0n) is 14.9. The zero-order chi connectivity index (χ0) is 17.8. The van der Waals surface area contributed by atoms with Crippen LogP contribution in [0.15, 0.2) is 11.4 Å². The van der Waals surface area contributed by atoms with E-state index < -0.39 is 0 Å². The molecule has 0 unspecified atom stereocenters. The lowest BCUT2D eigenvalue weighted by Crippen LogP contribution is -2.41. The fourth-order valence-electron chi connectivity index (χ4n) is 3.11. The van der Waals surface area contributed by atoms with Gasteiger partial charge in [-0.3, -0.25) is 9.69 Å². The van der Waals surface area contributed by atoms with E-state index in [0.29, 0.717) is 12.5 Å². The van der Waals surface area contributed by atoms with Crippen molar-refractivity contribution in [2.24, 2.45) is 0 Å². The molecule has 2 aromatic heterocycles. The van der Waals surface area contributed by atoms with Gasteiger partial charge in [-0.05, 0) is 33.2 Å². The molecule has 0 saturated carbocycles. The van der Waals surface area contributed by atoms with Crippen molar-refractivity contribution in [3.05, 3.63) is 28.7 Å². The van der Waals surface area contributed by atoms with Gasteiger partial charge in [0.15, 0.2) is 5.13 Å². The Morgan fingerprint density at radius 1 is 1.36 bits per heavy atom. The summed E-state index contributed by atoms with van der Waals surface area (Å²) in [5, 5.41) is 8.82. The van der Waals surface area contributed by atoms with E-state index in [1.807, 2.05) is 25.3 Å². The van der Waals surface area contributed by atoms with Gasteiger partial charge in [-0.2, -0.15) is 0 Å². The van der Waals surface area contributed by atoms with Crippen molar-refractivity contribution in [2.45, 2.75) is 32.6 Å². The van der Waals surface area contributed by atoms with Gasteiger partial charge in [-0.15, -0.1) is 11.3 Å². The number of amides is 1. The van der Waals surface area contributed by atoms with Gasteiger partial charge in [-0.25, -0.2) is 15.0 Å². The van der Waals surface area contributed by atoms with E-state index in [-0.39, 0.29) is 5.91 Å². The van der Waals surface area contributed by atoms with E-state index >= 15 is 0 Å². The third-order valence-electron chi connectivity index (χ3n) is 4.28. The number of carbonyl (C=O) groups is 1. The van der Waals surface area contributed by atoms with Crippen molar-refractivity contribution in [2.75, 3.05) is 32.0 Å². The summed E-state index contributed by atoms with van der Waals surface area (Å²) in [5.41, 5.74) is 2.03. The Balaban J connectivity index is 1.73. The zero-order valence-corrected chi connectivity index (χ0v) is 15.7. The molecule has 1 fully saturated rings. The minimum absolute atomic E-state index is 0.0565. The smallest absolute Gasteiger partial charge is 0.233 e. The van der Waals surface area contributed by atoms with Crippen molar-refractivity contribution < 1.29 is 4.79 Å². The molecule has 1 saturated heterocycles. The second kappa shape index (κ2) is 7.88. The van der Waals surface area contributed by atoms with Crippen LogP contribution in [0.1, 0.15) is 36.0 Å². The summed E-state index contributed by atoms with van der Waals surface area (Å²) in [5.74, 6) is 1.90. The molecule has 134 valence electrons. The summed E-state index contributed by atoms with van der Waals surface area (Å²) in [6, 6.07) is 2.01. The normalized spacial score (nSPS) is 18.1. The molecule has 1 aliphatic heterocycles. The minimum atomic E-state index is 0.0565. The first-order valence-electron chi connectivity index (χ1n) is 8.51. The van der Waals surface area contributed by atoms with Crippen LogP contribution in [0.5, 0.6) is 0 Å². The van der Waals surface area contributed by atoms with Crippen molar-refractivity contribution in [1.29, 1.82) is 0 Å². The number of aromatic nitrogens is 3. The number of nitrogens with zero attached hydrogens (tertiary/aromatic N) is 4. The second-order valence-electron chi connectivity index (χ2n) is 6.39. The number of carbonyl (C=O) groups excluding carboxylic acids is 1. The fraction of sp³-hybridized carbons (Fsp3) is 0.529. The minimum Gasteiger partial charge on any atom is -0.358 e. The molecular formula is C17H24N6OS. The quantitative estimate of drug-likeness (QED) is 0.851. The van der Waals surface area contributed by atoms with Gasteiger partial charge >= 0.3 is 0 Å². The molecule has 1 atom stereocenters. The molecule has 1 aliphatic rings. The highest BCUT2D eigenvalue weighted by molar-refractivity contribution is 7.13. The molecular weight excluding hydrogens is 336 g/mol. The highest BCUT2D eigenvalue weighted by Gasteiger charge is 2.24. The van der Waals surface area contributed by atoms with Gasteiger partial charge in [0.05, 0.1) is 17.9 Å². The van der Waals surface area contributed by atoms with E-state index in [1.54, 1.807) is 18.4 Å². The summed E-state index contributed by atoms with van der Waals surface area (Å²) in [6.07, 6.45) is 2.15. The highest BCUT2D eigenvalue weighted by atomic mass is 32.1. The number of likely N-dealkylation sites (N-methyl/N-ethyl adjacent to an activating group) is 1. The molecule has 3 heterocycles. The van der Waals surface area contributed by atoms with E-state index in [9.17, 15) is 4.79 Å². The van der Waals surface area contributed by atoms with Gasteiger partial charge in [0.2, 0.25) is 5.91 Å². The van der Waals surface area contributed by atoms with Gasteiger partial charge in [0.25, 0.3) is 0 Å². The number of anilines is 2. The maximum Gasteiger partial charge on any atom is 0.233 e. The molecule has 25 heavy (non-hydrogen) atoms. The van der Waals surface area contributed by atoms with Crippen LogP contribution in [0.3, 0.4) is 0 Å². The monoisotopic (exact) mass is 360 g/mol. The first-order valence-corrected chi connectivity index (χ1v) is 9.39. The van der Waals surface area contributed by atoms with E-state index in [4.69, 9.17) is 0 Å². The lowest BCUT2D eigenvalue weighted by atomic mass is 9.94. The van der Waals surface area contributed by atoms with Crippen molar-refractivity contribution in [3.8, 4) is 0 Å². The Morgan fingerprint density at radius 2 is 2.20 bits per heavy atom. The van der Waals surface area contributed by atoms with Crippen LogP contribution in [-0.2, 0) is 4.79 Å². The predicted molar refractivity (Wildman–Crippen MR) is 99.4 cm³/mol. The number of hydrogen-bond acceptors (Lipinski definition) is 7. The molecule has 2 N–H and O–H groups in total. The average Bonchev–Trinajstić information content (AvgIpc) is 2.99. The third kappa shape index (κ3) is 4.73. The van der Waals surface area contributed by atoms with Gasteiger partial charge in [-0.1, -0.05) is 0 Å². The van der Waals surface area contributed by atoms with E-state index in [0.717, 1.165) is 54.1 Å². The maximum atomic E-state index is 11.6. The standard InChI is InChI=1S/C17H24N6OS/c1-11-10-25-17(19-11)22-15-7-14(20-12(2)21-15)13-5-4-6-23(8-13)9-16(24)18-3/h7,10,13H,4-6,8-9H2,1-3H3,(H,18,24)(H,19,20,21,22)/t13-/m1/s1. The number of piperidine rings is 1. The molecule has 0 aliphatic carbocycles. The number of rotatable bonds is 5. The van der Waals surface area contributed by atoms with Gasteiger partial charge < -0.3 is 10.6 Å². The molecule has 1 amide bonds. The predicted octanol–water partition coefficient (Wildman–Crippen LogP) is 2.22. The van der Waals surface area contributed by atoms with Crippen LogP contribution < -0.4 is 10.6 Å². The van der Waals surface area contributed by atoms with Crippen LogP contribution in [0.2, 0.25) is 0 Å². The molecule has 0 spiro atoms. The van der Waals surface area contributed by atoms with Crippen molar-refractivity contribution in [1.82, 2.24) is 25.2 Å². The van der Waals surface area contributed by atoms with E-state index in [1.165, 1.54) is 0 Å². The Hall–Kier alpha value is -2.06. The Morgan fingerprint density at radius 3 is 2.92 bits per heavy atom. The largest absolute Gasteiger partial charge is 0.358 e. The molecule has 0 radical (unpaired) electrons. The SMILES string of the molecule is CNC(=O)CN1CCC[C@@H](c2cc(Nc3nc(C)cs3)nc(C)n2)C1. The average molecular weight is 360 g/mol. The van der Waals surface area contributed by atoms with Crippen molar-refractivity contribution >= 4 is 28.2 Å². The van der Waals surface area contributed by atoms with Gasteiger partial charge in [0.1, 0.15) is 11.6 Å². The lowest BCUT2D eigenvalue weighted by Gasteiger charge is -2.32. The Bertz CT molecular complexity index is 746. The van der Waals surface area contributed by atoms with Crippen LogP contribution in [0, 0.1) is 13.8 Å². The lowest BCUT2D eigenvalue weighted by molar-refractivity contribution is -0.122. The summed E-state index contributed by atoms with van der Waals surface area (Å²) >= 11 is 1.57. The van der Waals surface area contributed by atoms with Crippen LogP contribution in [-0.4, -0.2) is 52.4 Å².